The predicted octanol–water partition coefficient (Wildman–Crippen LogP) is 2.85. The molecule has 2 aromatic rings. The molecule has 3 unspecified atom stereocenters. The maximum absolute atomic E-state index is 12.5. The van der Waals surface area contributed by atoms with Gasteiger partial charge in [-0.05, 0) is 48.6 Å². The lowest BCUT2D eigenvalue weighted by molar-refractivity contribution is -0.114. The van der Waals surface area contributed by atoms with Crippen LogP contribution in [0.3, 0.4) is 0 Å². The van der Waals surface area contributed by atoms with Gasteiger partial charge in [0.1, 0.15) is 0 Å². The van der Waals surface area contributed by atoms with E-state index in [1.807, 2.05) is 36.4 Å². The Bertz CT molecular complexity index is 799. The lowest BCUT2D eigenvalue weighted by atomic mass is 10.0. The van der Waals surface area contributed by atoms with Crippen LogP contribution in [-0.2, 0) is 4.79 Å². The number of carbonyl (C=O) groups excluding carboxylic acids is 2. The molecular weight excluding hydrogens is 334 g/mol. The average Bonchev–Trinajstić information content (AvgIpc) is 3.31. The molecule has 2 amide bonds. The smallest absolute Gasteiger partial charge is 0.261 e. The van der Waals surface area contributed by atoms with Crippen molar-refractivity contribution >= 4 is 28.8 Å². The fourth-order valence-electron chi connectivity index (χ4n) is 3.79. The molecule has 1 saturated carbocycles. The summed E-state index contributed by atoms with van der Waals surface area (Å²) < 4.78 is 0. The summed E-state index contributed by atoms with van der Waals surface area (Å²) in [6.45, 7) is 2.51. The van der Waals surface area contributed by atoms with Gasteiger partial charge in [0, 0.05) is 36.1 Å². The van der Waals surface area contributed by atoms with Crippen LogP contribution in [0.1, 0.15) is 29.4 Å². The van der Waals surface area contributed by atoms with E-state index in [-0.39, 0.29) is 11.8 Å². The molecule has 1 aromatic heterocycles. The Morgan fingerprint density at radius 3 is 2.56 bits per heavy atom. The fraction of sp³-hybridized carbons (Fsp3) is 0.368. The van der Waals surface area contributed by atoms with Gasteiger partial charge < -0.3 is 16.0 Å². The van der Waals surface area contributed by atoms with E-state index in [4.69, 9.17) is 0 Å². The third-order valence-corrected chi connectivity index (χ3v) is 6.13. The fourth-order valence-corrected chi connectivity index (χ4v) is 4.70. The van der Waals surface area contributed by atoms with Crippen molar-refractivity contribution in [3.63, 3.8) is 0 Å². The van der Waals surface area contributed by atoms with Crippen molar-refractivity contribution in [2.75, 3.05) is 11.9 Å². The zero-order valence-corrected chi connectivity index (χ0v) is 14.9. The zero-order valence-electron chi connectivity index (χ0n) is 14.0. The predicted molar refractivity (Wildman–Crippen MR) is 99.8 cm³/mol. The van der Waals surface area contributed by atoms with Crippen LogP contribution in [-0.4, -0.2) is 30.4 Å². The third kappa shape index (κ3) is 3.45. The first-order chi connectivity index (χ1) is 12.1. The van der Waals surface area contributed by atoms with Crippen LogP contribution in [0.15, 0.2) is 36.4 Å². The topological polar surface area (TPSA) is 70.2 Å². The van der Waals surface area contributed by atoms with E-state index in [0.717, 1.165) is 34.0 Å². The zero-order chi connectivity index (χ0) is 17.4. The van der Waals surface area contributed by atoms with Crippen molar-refractivity contribution in [1.82, 2.24) is 10.6 Å². The molecule has 1 aliphatic carbocycles. The van der Waals surface area contributed by atoms with Crippen molar-refractivity contribution in [3.8, 4) is 10.4 Å². The quantitative estimate of drug-likeness (QED) is 0.790. The third-order valence-electron chi connectivity index (χ3n) is 5.00. The number of fused-ring (bicyclic) bond motifs is 2. The number of rotatable bonds is 4. The number of hydrogen-bond acceptors (Lipinski definition) is 4. The second-order valence-electron chi connectivity index (χ2n) is 6.84. The van der Waals surface area contributed by atoms with Gasteiger partial charge in [-0.2, -0.15) is 0 Å². The Hall–Kier alpha value is -2.18. The van der Waals surface area contributed by atoms with E-state index in [9.17, 15) is 9.59 Å². The summed E-state index contributed by atoms with van der Waals surface area (Å²) in [7, 11) is 0. The summed E-state index contributed by atoms with van der Waals surface area (Å²) in [5.74, 6) is 0.525. The Morgan fingerprint density at radius 1 is 1.12 bits per heavy atom. The highest BCUT2D eigenvalue weighted by atomic mass is 32.1. The number of carbonyl (C=O) groups is 2. The van der Waals surface area contributed by atoms with Crippen LogP contribution < -0.4 is 16.0 Å². The molecular formula is C19H21N3O2S. The molecule has 0 spiro atoms. The molecule has 3 atom stereocenters. The Kier molecular flexibility index (Phi) is 4.31. The summed E-state index contributed by atoms with van der Waals surface area (Å²) in [6, 6.07) is 12.4. The lowest BCUT2D eigenvalue weighted by Gasteiger charge is -2.23. The Balaban J connectivity index is 1.42. The molecule has 2 bridgehead atoms. The van der Waals surface area contributed by atoms with Crippen molar-refractivity contribution in [2.24, 2.45) is 5.92 Å². The molecule has 1 aliphatic heterocycles. The maximum Gasteiger partial charge on any atom is 0.261 e. The number of anilines is 1. The number of piperidine rings is 1. The summed E-state index contributed by atoms with van der Waals surface area (Å²) >= 11 is 1.50. The van der Waals surface area contributed by atoms with Crippen molar-refractivity contribution in [3.05, 3.63) is 41.3 Å². The minimum Gasteiger partial charge on any atom is -0.348 e. The summed E-state index contributed by atoms with van der Waals surface area (Å²) in [5.41, 5.74) is 1.82. The van der Waals surface area contributed by atoms with Crippen LogP contribution in [0.5, 0.6) is 0 Å². The van der Waals surface area contributed by atoms with Gasteiger partial charge in [0.15, 0.2) is 0 Å². The van der Waals surface area contributed by atoms with E-state index < -0.39 is 0 Å². The van der Waals surface area contributed by atoms with Crippen molar-refractivity contribution < 1.29 is 9.59 Å². The van der Waals surface area contributed by atoms with Gasteiger partial charge in [-0.3, -0.25) is 9.59 Å². The molecule has 3 N–H and O–H groups in total. The van der Waals surface area contributed by atoms with Crippen LogP contribution >= 0.6 is 11.3 Å². The highest BCUT2D eigenvalue weighted by molar-refractivity contribution is 7.17. The molecule has 2 heterocycles. The van der Waals surface area contributed by atoms with Crippen molar-refractivity contribution in [1.29, 1.82) is 0 Å². The molecule has 1 saturated heterocycles. The van der Waals surface area contributed by atoms with Crippen LogP contribution in [0.4, 0.5) is 5.69 Å². The van der Waals surface area contributed by atoms with Gasteiger partial charge in [-0.25, -0.2) is 0 Å². The lowest BCUT2D eigenvalue weighted by Crippen LogP contribution is -2.43. The number of amides is 2. The molecule has 5 nitrogen and oxygen atoms in total. The largest absolute Gasteiger partial charge is 0.348 e. The second kappa shape index (κ2) is 6.61. The second-order valence-corrected chi connectivity index (χ2v) is 7.92. The first-order valence-electron chi connectivity index (χ1n) is 8.60. The number of hydrogen-bond donors (Lipinski definition) is 3. The molecule has 2 aliphatic rings. The van der Waals surface area contributed by atoms with E-state index in [2.05, 4.69) is 16.0 Å². The standard InChI is InChI=1S/C19H21N3O2S/c1-11(23)21-14-4-2-12(3-5-14)17-6-7-18(25-17)19(24)22-16-9-15-8-13(16)10-20-15/h2-7,13,15-16,20H,8-10H2,1H3,(H,21,23)(H,22,24). The van der Waals surface area contributed by atoms with Crippen LogP contribution in [0, 0.1) is 5.92 Å². The van der Waals surface area contributed by atoms with E-state index in [1.54, 1.807) is 0 Å². The first-order valence-corrected chi connectivity index (χ1v) is 9.42. The molecule has 1 aromatic carbocycles. The molecule has 4 rings (SSSR count). The van der Waals surface area contributed by atoms with Crippen LogP contribution in [0.2, 0.25) is 0 Å². The minimum atomic E-state index is -0.0846. The average molecular weight is 355 g/mol. The first kappa shape index (κ1) is 16.3. The van der Waals surface area contributed by atoms with Gasteiger partial charge in [0.2, 0.25) is 5.91 Å². The highest BCUT2D eigenvalue weighted by Crippen LogP contribution is 2.33. The van der Waals surface area contributed by atoms with Gasteiger partial charge >= 0.3 is 0 Å². The Labute approximate surface area is 150 Å². The van der Waals surface area contributed by atoms with Gasteiger partial charge in [0.25, 0.3) is 5.91 Å². The Morgan fingerprint density at radius 2 is 1.92 bits per heavy atom. The molecule has 0 radical (unpaired) electrons. The molecule has 25 heavy (non-hydrogen) atoms. The van der Waals surface area contributed by atoms with Gasteiger partial charge in [0.05, 0.1) is 4.88 Å². The monoisotopic (exact) mass is 355 g/mol. The molecule has 6 heteroatoms. The summed E-state index contributed by atoms with van der Waals surface area (Å²) in [5, 5.41) is 9.43. The van der Waals surface area contributed by atoms with Gasteiger partial charge in [-0.1, -0.05) is 12.1 Å². The normalized spacial score (nSPS) is 24.3. The van der Waals surface area contributed by atoms with E-state index in [1.165, 1.54) is 24.7 Å². The van der Waals surface area contributed by atoms with Gasteiger partial charge in [-0.15, -0.1) is 11.3 Å². The van der Waals surface area contributed by atoms with E-state index in [0.29, 0.717) is 18.0 Å². The number of benzene rings is 1. The molecule has 2 fully saturated rings. The van der Waals surface area contributed by atoms with Crippen molar-refractivity contribution in [2.45, 2.75) is 31.8 Å². The van der Waals surface area contributed by atoms with E-state index >= 15 is 0 Å². The highest BCUT2D eigenvalue weighted by Gasteiger charge is 2.40. The number of thiophene rings is 1. The SMILES string of the molecule is CC(=O)Nc1ccc(-c2ccc(C(=O)NC3CC4CC3CN4)s2)cc1. The maximum atomic E-state index is 12.5. The number of nitrogens with one attached hydrogen (secondary N) is 3. The summed E-state index contributed by atoms with van der Waals surface area (Å²) in [4.78, 5) is 25.4. The minimum absolute atomic E-state index is 0.0312. The van der Waals surface area contributed by atoms with Crippen LogP contribution in [0.25, 0.3) is 10.4 Å². The summed E-state index contributed by atoms with van der Waals surface area (Å²) in [6.07, 6.45) is 2.22. The molecule has 130 valence electrons.